The highest BCUT2D eigenvalue weighted by Crippen LogP contribution is 2.20. The van der Waals surface area contributed by atoms with Crippen molar-refractivity contribution in [2.75, 3.05) is 19.6 Å². The minimum Gasteiger partial charge on any atom is -0.444 e. The second kappa shape index (κ2) is 6.45. The van der Waals surface area contributed by atoms with Crippen molar-refractivity contribution in [3.8, 4) is 6.07 Å². The number of sulfonamides is 1. The van der Waals surface area contributed by atoms with Gasteiger partial charge in [-0.1, -0.05) is 6.58 Å². The molecule has 1 atom stereocenters. The number of nitrogens with zero attached hydrogens (tertiary/aromatic N) is 3. The Morgan fingerprint density at radius 1 is 1.48 bits per heavy atom. The molecule has 1 aliphatic heterocycles. The Morgan fingerprint density at radius 3 is 2.57 bits per heavy atom. The van der Waals surface area contributed by atoms with E-state index in [1.165, 1.54) is 9.21 Å². The van der Waals surface area contributed by atoms with E-state index >= 15 is 0 Å². The van der Waals surface area contributed by atoms with Crippen molar-refractivity contribution in [3.63, 3.8) is 0 Å². The first kappa shape index (κ1) is 17.5. The molecule has 1 unspecified atom stereocenters. The smallest absolute Gasteiger partial charge is 0.410 e. The van der Waals surface area contributed by atoms with Gasteiger partial charge in [-0.05, 0) is 20.8 Å². The molecule has 7 nitrogen and oxygen atoms in total. The predicted molar refractivity (Wildman–Crippen MR) is 77.6 cm³/mol. The summed E-state index contributed by atoms with van der Waals surface area (Å²) >= 11 is 0. The van der Waals surface area contributed by atoms with Crippen molar-refractivity contribution < 1.29 is 17.9 Å². The zero-order chi connectivity index (χ0) is 16.3. The molecule has 0 bridgehead atoms. The van der Waals surface area contributed by atoms with Crippen molar-refractivity contribution >= 4 is 16.1 Å². The number of ether oxygens (including phenoxy) is 1. The summed E-state index contributed by atoms with van der Waals surface area (Å²) in [5, 5.41) is 9.72. The van der Waals surface area contributed by atoms with Crippen LogP contribution in [0.15, 0.2) is 12.0 Å². The lowest BCUT2D eigenvalue weighted by Gasteiger charge is -2.39. The molecule has 0 spiro atoms. The Balaban J connectivity index is 2.85. The van der Waals surface area contributed by atoms with E-state index in [2.05, 4.69) is 6.58 Å². The fraction of sp³-hybridized carbons (Fsp3) is 0.692. The van der Waals surface area contributed by atoms with Crippen LogP contribution in [-0.4, -0.2) is 55.0 Å². The van der Waals surface area contributed by atoms with Crippen molar-refractivity contribution in [3.05, 3.63) is 12.0 Å². The van der Waals surface area contributed by atoms with Gasteiger partial charge in [0.1, 0.15) is 5.60 Å². The highest BCUT2D eigenvalue weighted by atomic mass is 32.2. The SMILES string of the molecule is C=CS(=O)(=O)N1CCN(C(=O)OC(C)(C)C)CC1CC#N. The zero-order valence-electron chi connectivity index (χ0n) is 12.6. The van der Waals surface area contributed by atoms with Crippen LogP contribution < -0.4 is 0 Å². The fourth-order valence-electron chi connectivity index (χ4n) is 2.03. The summed E-state index contributed by atoms with van der Waals surface area (Å²) in [6, 6.07) is 1.37. The summed E-state index contributed by atoms with van der Waals surface area (Å²) in [4.78, 5) is 13.5. The quantitative estimate of drug-likeness (QED) is 0.783. The van der Waals surface area contributed by atoms with Gasteiger partial charge in [-0.15, -0.1) is 0 Å². The molecule has 1 heterocycles. The van der Waals surface area contributed by atoms with Crippen LogP contribution in [0.4, 0.5) is 4.79 Å². The van der Waals surface area contributed by atoms with Gasteiger partial charge >= 0.3 is 6.09 Å². The molecule has 8 heteroatoms. The minimum absolute atomic E-state index is 0.00632. The van der Waals surface area contributed by atoms with Gasteiger partial charge in [-0.3, -0.25) is 0 Å². The maximum absolute atomic E-state index is 12.0. The summed E-state index contributed by atoms with van der Waals surface area (Å²) in [6.45, 7) is 9.05. The van der Waals surface area contributed by atoms with E-state index in [1.807, 2.05) is 6.07 Å². The first-order valence-corrected chi connectivity index (χ1v) is 8.10. The summed E-state index contributed by atoms with van der Waals surface area (Å²) in [5.41, 5.74) is -0.619. The van der Waals surface area contributed by atoms with E-state index < -0.39 is 27.8 Å². The summed E-state index contributed by atoms with van der Waals surface area (Å²) in [5.74, 6) is 0. The predicted octanol–water partition coefficient (Wildman–Crippen LogP) is 1.29. The lowest BCUT2D eigenvalue weighted by molar-refractivity contribution is 0.0136. The van der Waals surface area contributed by atoms with Gasteiger partial charge in [-0.25, -0.2) is 13.2 Å². The van der Waals surface area contributed by atoms with Gasteiger partial charge in [0.25, 0.3) is 0 Å². The van der Waals surface area contributed by atoms with Crippen LogP contribution >= 0.6 is 0 Å². The number of hydrogen-bond donors (Lipinski definition) is 0. The first-order chi connectivity index (χ1) is 9.60. The number of rotatable bonds is 3. The molecule has 21 heavy (non-hydrogen) atoms. The van der Waals surface area contributed by atoms with Gasteiger partial charge in [0.15, 0.2) is 0 Å². The fourth-order valence-corrected chi connectivity index (χ4v) is 3.12. The second-order valence-corrected chi connectivity index (χ2v) is 7.60. The highest BCUT2D eigenvalue weighted by Gasteiger charge is 2.36. The van der Waals surface area contributed by atoms with Crippen molar-refractivity contribution in [2.24, 2.45) is 0 Å². The number of carbonyl (C=O) groups excluding carboxylic acids is 1. The highest BCUT2D eigenvalue weighted by molar-refractivity contribution is 7.92. The van der Waals surface area contributed by atoms with Gasteiger partial charge in [0, 0.05) is 25.0 Å². The Kier molecular flexibility index (Phi) is 5.36. The van der Waals surface area contributed by atoms with Crippen LogP contribution in [0.1, 0.15) is 27.2 Å². The average molecular weight is 315 g/mol. The molecule has 0 N–H and O–H groups in total. The molecule has 0 aromatic carbocycles. The normalized spacial score (nSPS) is 20.7. The molecular formula is C13H21N3O4S. The van der Waals surface area contributed by atoms with E-state index in [0.717, 1.165) is 5.41 Å². The van der Waals surface area contributed by atoms with Crippen LogP contribution in [0, 0.1) is 11.3 Å². The van der Waals surface area contributed by atoms with E-state index in [0.29, 0.717) is 0 Å². The number of piperazine rings is 1. The van der Waals surface area contributed by atoms with Gasteiger partial charge in [0.2, 0.25) is 10.0 Å². The van der Waals surface area contributed by atoms with E-state index in [9.17, 15) is 13.2 Å². The third-order valence-corrected chi connectivity index (χ3v) is 4.50. The molecule has 0 saturated carbocycles. The van der Waals surface area contributed by atoms with Crippen LogP contribution in [0.2, 0.25) is 0 Å². The van der Waals surface area contributed by atoms with Crippen LogP contribution in [0.5, 0.6) is 0 Å². The van der Waals surface area contributed by atoms with Crippen LogP contribution in [-0.2, 0) is 14.8 Å². The minimum atomic E-state index is -3.61. The molecule has 1 amide bonds. The molecule has 118 valence electrons. The maximum atomic E-state index is 12.0. The number of nitriles is 1. The number of amides is 1. The molecule has 1 aliphatic rings. The molecule has 1 rings (SSSR count). The molecule has 0 aromatic heterocycles. The molecule has 0 aliphatic carbocycles. The van der Waals surface area contributed by atoms with E-state index in [4.69, 9.17) is 10.00 Å². The summed E-state index contributed by atoms with van der Waals surface area (Å²) < 4.78 is 30.3. The Hall–Kier alpha value is -1.59. The molecular weight excluding hydrogens is 294 g/mol. The zero-order valence-corrected chi connectivity index (χ0v) is 13.4. The summed E-state index contributed by atoms with van der Waals surface area (Å²) in [7, 11) is -3.61. The second-order valence-electron chi connectivity index (χ2n) is 5.76. The Bertz CT molecular complexity index is 545. The van der Waals surface area contributed by atoms with Crippen molar-refractivity contribution in [1.82, 2.24) is 9.21 Å². The molecule has 0 radical (unpaired) electrons. The first-order valence-electron chi connectivity index (χ1n) is 6.60. The Labute approximate surface area is 125 Å². The lowest BCUT2D eigenvalue weighted by Crippen LogP contribution is -2.56. The number of carbonyl (C=O) groups is 1. The topological polar surface area (TPSA) is 90.7 Å². The largest absolute Gasteiger partial charge is 0.444 e. The maximum Gasteiger partial charge on any atom is 0.410 e. The third-order valence-electron chi connectivity index (χ3n) is 2.94. The van der Waals surface area contributed by atoms with Crippen molar-refractivity contribution in [1.29, 1.82) is 5.26 Å². The monoisotopic (exact) mass is 315 g/mol. The lowest BCUT2D eigenvalue weighted by atomic mass is 10.1. The average Bonchev–Trinajstić information content (AvgIpc) is 2.37. The van der Waals surface area contributed by atoms with Crippen molar-refractivity contribution in [2.45, 2.75) is 38.8 Å². The summed E-state index contributed by atoms with van der Waals surface area (Å²) in [6.07, 6.45) is -0.493. The Morgan fingerprint density at radius 2 is 2.10 bits per heavy atom. The van der Waals surface area contributed by atoms with Crippen LogP contribution in [0.3, 0.4) is 0 Å². The van der Waals surface area contributed by atoms with Gasteiger partial charge in [0.05, 0.1) is 18.5 Å². The standard InChI is InChI=1S/C13H21N3O4S/c1-5-21(18,19)16-9-8-15(10-11(16)6-7-14)12(17)20-13(2,3)4/h5,11H,1,6,8-10H2,2-4H3. The van der Waals surface area contributed by atoms with E-state index in [-0.39, 0.29) is 26.1 Å². The third kappa shape index (κ3) is 4.72. The molecule has 1 saturated heterocycles. The molecule has 1 fully saturated rings. The van der Waals surface area contributed by atoms with Crippen LogP contribution in [0.25, 0.3) is 0 Å². The van der Waals surface area contributed by atoms with Gasteiger partial charge < -0.3 is 9.64 Å². The van der Waals surface area contributed by atoms with Gasteiger partial charge in [-0.2, -0.15) is 9.57 Å². The molecule has 0 aromatic rings. The number of hydrogen-bond acceptors (Lipinski definition) is 5. The van der Waals surface area contributed by atoms with E-state index in [1.54, 1.807) is 20.8 Å².